The minimum atomic E-state index is 0.267. The van der Waals surface area contributed by atoms with Crippen LogP contribution >= 0.6 is 12.2 Å². The second-order valence-corrected chi connectivity index (χ2v) is 5.92. The number of rotatable bonds is 5. The van der Waals surface area contributed by atoms with Crippen molar-refractivity contribution < 1.29 is 0 Å². The van der Waals surface area contributed by atoms with Gasteiger partial charge in [-0.25, -0.2) is 4.98 Å². The molecule has 0 atom stereocenters. The number of nitrogens with one attached hydrogen (secondary N) is 1. The van der Waals surface area contributed by atoms with Gasteiger partial charge in [0.05, 0.1) is 0 Å². The predicted molar refractivity (Wildman–Crippen MR) is 83.5 cm³/mol. The Morgan fingerprint density at radius 2 is 2.11 bits per heavy atom. The van der Waals surface area contributed by atoms with Crippen LogP contribution in [0.4, 0.5) is 5.82 Å². The van der Waals surface area contributed by atoms with Crippen molar-refractivity contribution in [3.8, 4) is 0 Å². The van der Waals surface area contributed by atoms with Crippen LogP contribution < -0.4 is 11.1 Å². The standard InChI is InChI=1S/C14H22N4S/c1-18(2)14(7-3-4-8-14)10-17-12-6-5-11(9-16-12)13(15)19/h5-6,9H,3-4,7-8,10H2,1-2H3,(H2,15,19)(H,16,17). The summed E-state index contributed by atoms with van der Waals surface area (Å²) in [5.41, 5.74) is 6.64. The van der Waals surface area contributed by atoms with Crippen LogP contribution in [0.25, 0.3) is 0 Å². The first kappa shape index (κ1) is 14.2. The van der Waals surface area contributed by atoms with Crippen LogP contribution in [0, 0.1) is 0 Å². The van der Waals surface area contributed by atoms with Crippen molar-refractivity contribution in [2.45, 2.75) is 31.2 Å². The second-order valence-electron chi connectivity index (χ2n) is 5.48. The van der Waals surface area contributed by atoms with Gasteiger partial charge in [0.2, 0.25) is 0 Å². The van der Waals surface area contributed by atoms with E-state index in [1.54, 1.807) is 6.20 Å². The summed E-state index contributed by atoms with van der Waals surface area (Å²) in [6.45, 7) is 0.930. The molecule has 1 aliphatic rings. The first-order valence-corrected chi connectivity index (χ1v) is 7.11. The number of thiocarbonyl (C=S) groups is 1. The van der Waals surface area contributed by atoms with E-state index in [-0.39, 0.29) is 5.54 Å². The number of aromatic nitrogens is 1. The minimum absolute atomic E-state index is 0.267. The van der Waals surface area contributed by atoms with Gasteiger partial charge in [-0.3, -0.25) is 0 Å². The average Bonchev–Trinajstić information content (AvgIpc) is 2.87. The maximum absolute atomic E-state index is 5.56. The highest BCUT2D eigenvalue weighted by molar-refractivity contribution is 7.80. The molecule has 5 heteroatoms. The Balaban J connectivity index is 1.99. The van der Waals surface area contributed by atoms with Gasteiger partial charge in [0.25, 0.3) is 0 Å². The third-order valence-electron chi connectivity index (χ3n) is 4.13. The number of hydrogen-bond acceptors (Lipinski definition) is 4. The third-order valence-corrected chi connectivity index (χ3v) is 4.37. The first-order chi connectivity index (χ1) is 9.03. The van der Waals surface area contributed by atoms with Crippen LogP contribution in [0.1, 0.15) is 31.2 Å². The lowest BCUT2D eigenvalue weighted by molar-refractivity contribution is 0.172. The van der Waals surface area contributed by atoms with Crippen molar-refractivity contribution >= 4 is 23.0 Å². The van der Waals surface area contributed by atoms with Gasteiger partial charge >= 0.3 is 0 Å². The average molecular weight is 278 g/mol. The quantitative estimate of drug-likeness (QED) is 0.807. The summed E-state index contributed by atoms with van der Waals surface area (Å²) in [5.74, 6) is 0.883. The molecule has 0 unspecified atom stereocenters. The van der Waals surface area contributed by atoms with E-state index in [1.807, 2.05) is 12.1 Å². The molecule has 0 aromatic carbocycles. The van der Waals surface area contributed by atoms with E-state index >= 15 is 0 Å². The molecule has 1 aliphatic carbocycles. The molecular formula is C14H22N4S. The van der Waals surface area contributed by atoms with Gasteiger partial charge in [0, 0.05) is 23.8 Å². The molecule has 0 spiro atoms. The fourth-order valence-electron chi connectivity index (χ4n) is 2.71. The Kier molecular flexibility index (Phi) is 4.37. The van der Waals surface area contributed by atoms with Crippen molar-refractivity contribution in [1.82, 2.24) is 9.88 Å². The lowest BCUT2D eigenvalue weighted by Gasteiger charge is -2.36. The van der Waals surface area contributed by atoms with E-state index < -0.39 is 0 Å². The van der Waals surface area contributed by atoms with Gasteiger partial charge in [0.15, 0.2) is 0 Å². The van der Waals surface area contributed by atoms with E-state index in [2.05, 4.69) is 29.3 Å². The van der Waals surface area contributed by atoms with E-state index in [9.17, 15) is 0 Å². The molecule has 4 nitrogen and oxygen atoms in total. The molecular weight excluding hydrogens is 256 g/mol. The monoisotopic (exact) mass is 278 g/mol. The normalized spacial score (nSPS) is 17.6. The highest BCUT2D eigenvalue weighted by atomic mass is 32.1. The van der Waals surface area contributed by atoms with Gasteiger partial charge in [-0.1, -0.05) is 25.1 Å². The molecule has 1 fully saturated rings. The van der Waals surface area contributed by atoms with Crippen molar-refractivity contribution in [1.29, 1.82) is 0 Å². The summed E-state index contributed by atoms with van der Waals surface area (Å²) in [6, 6.07) is 3.85. The Hall–Kier alpha value is -1.20. The van der Waals surface area contributed by atoms with Crippen LogP contribution in [0.5, 0.6) is 0 Å². The number of anilines is 1. The SMILES string of the molecule is CN(C)C1(CNc2ccc(C(N)=S)cn2)CCCC1. The highest BCUT2D eigenvalue weighted by Crippen LogP contribution is 2.33. The summed E-state index contributed by atoms with van der Waals surface area (Å²) in [4.78, 5) is 7.09. The number of nitrogens with zero attached hydrogens (tertiary/aromatic N) is 2. The van der Waals surface area contributed by atoms with E-state index in [1.165, 1.54) is 25.7 Å². The lowest BCUT2D eigenvalue weighted by Crippen LogP contribution is -2.47. The van der Waals surface area contributed by atoms with Gasteiger partial charge < -0.3 is 16.0 Å². The molecule has 0 aliphatic heterocycles. The van der Waals surface area contributed by atoms with Gasteiger partial charge in [-0.2, -0.15) is 0 Å². The number of nitrogens with two attached hydrogens (primary N) is 1. The molecule has 0 radical (unpaired) electrons. The van der Waals surface area contributed by atoms with Crippen LogP contribution in [0.3, 0.4) is 0 Å². The molecule has 1 heterocycles. The summed E-state index contributed by atoms with van der Waals surface area (Å²) in [7, 11) is 4.33. The minimum Gasteiger partial charge on any atom is -0.389 e. The van der Waals surface area contributed by atoms with Gasteiger partial charge in [-0.15, -0.1) is 0 Å². The van der Waals surface area contributed by atoms with E-state index in [4.69, 9.17) is 18.0 Å². The molecule has 2 rings (SSSR count). The Morgan fingerprint density at radius 3 is 2.58 bits per heavy atom. The van der Waals surface area contributed by atoms with Crippen LogP contribution in [0.2, 0.25) is 0 Å². The fourth-order valence-corrected chi connectivity index (χ4v) is 2.84. The maximum Gasteiger partial charge on any atom is 0.125 e. The third kappa shape index (κ3) is 3.22. The van der Waals surface area contributed by atoms with Crippen LogP contribution in [-0.2, 0) is 0 Å². The Labute approximate surface area is 120 Å². The van der Waals surface area contributed by atoms with Crippen LogP contribution in [0.15, 0.2) is 18.3 Å². The predicted octanol–water partition coefficient (Wildman–Crippen LogP) is 2.00. The summed E-state index contributed by atoms with van der Waals surface area (Å²) < 4.78 is 0. The molecule has 0 saturated heterocycles. The molecule has 104 valence electrons. The van der Waals surface area contributed by atoms with Gasteiger partial charge in [-0.05, 0) is 39.1 Å². The molecule has 3 N–H and O–H groups in total. The molecule has 1 aromatic heterocycles. The first-order valence-electron chi connectivity index (χ1n) is 6.71. The molecule has 1 aromatic rings. The largest absolute Gasteiger partial charge is 0.389 e. The Morgan fingerprint density at radius 1 is 1.42 bits per heavy atom. The van der Waals surface area contributed by atoms with E-state index in [0.717, 1.165) is 17.9 Å². The van der Waals surface area contributed by atoms with Crippen molar-refractivity contribution in [3.05, 3.63) is 23.9 Å². The smallest absolute Gasteiger partial charge is 0.125 e. The lowest BCUT2D eigenvalue weighted by atomic mass is 9.96. The number of likely N-dealkylation sites (N-methyl/N-ethyl adjacent to an activating group) is 1. The van der Waals surface area contributed by atoms with Crippen molar-refractivity contribution in [2.24, 2.45) is 5.73 Å². The zero-order valence-electron chi connectivity index (χ0n) is 11.6. The van der Waals surface area contributed by atoms with Gasteiger partial charge in [0.1, 0.15) is 10.8 Å². The zero-order valence-corrected chi connectivity index (χ0v) is 12.5. The summed E-state index contributed by atoms with van der Waals surface area (Å²) in [6.07, 6.45) is 6.85. The summed E-state index contributed by atoms with van der Waals surface area (Å²) >= 11 is 4.92. The number of pyridine rings is 1. The molecule has 0 amide bonds. The van der Waals surface area contributed by atoms with Crippen molar-refractivity contribution in [2.75, 3.05) is 26.0 Å². The maximum atomic E-state index is 5.56. The zero-order chi connectivity index (χ0) is 13.9. The second kappa shape index (κ2) is 5.84. The molecule has 0 bridgehead atoms. The van der Waals surface area contributed by atoms with E-state index in [0.29, 0.717) is 4.99 Å². The molecule has 1 saturated carbocycles. The fraction of sp³-hybridized carbons (Fsp3) is 0.571. The number of hydrogen-bond donors (Lipinski definition) is 2. The highest BCUT2D eigenvalue weighted by Gasteiger charge is 2.35. The molecule has 19 heavy (non-hydrogen) atoms. The van der Waals surface area contributed by atoms with Crippen molar-refractivity contribution in [3.63, 3.8) is 0 Å². The summed E-state index contributed by atoms with van der Waals surface area (Å²) in [5, 5.41) is 3.44. The van der Waals surface area contributed by atoms with Crippen LogP contribution in [-0.4, -0.2) is 41.1 Å². The topological polar surface area (TPSA) is 54.2 Å². The Bertz CT molecular complexity index is 435.